The van der Waals surface area contributed by atoms with Crippen LogP contribution in [0.2, 0.25) is 0 Å². The van der Waals surface area contributed by atoms with Gasteiger partial charge in [0.25, 0.3) is 5.56 Å². The topological polar surface area (TPSA) is 80.4 Å². The van der Waals surface area contributed by atoms with Crippen molar-refractivity contribution < 1.29 is 5.11 Å². The van der Waals surface area contributed by atoms with Crippen LogP contribution < -0.4 is 16.1 Å². The van der Waals surface area contributed by atoms with Crippen molar-refractivity contribution in [3.63, 3.8) is 0 Å². The van der Waals surface area contributed by atoms with Crippen molar-refractivity contribution in [1.29, 1.82) is 0 Å². The summed E-state index contributed by atoms with van der Waals surface area (Å²) < 4.78 is 2.49. The maximum absolute atomic E-state index is 13.0. The van der Waals surface area contributed by atoms with Crippen LogP contribution in [0, 0.1) is 0 Å². The number of aliphatic hydroxyl groups excluding tert-OH is 1. The van der Waals surface area contributed by atoms with Gasteiger partial charge in [-0.2, -0.15) is 0 Å². The molecule has 2 heterocycles. The third-order valence-electron chi connectivity index (χ3n) is 4.80. The van der Waals surface area contributed by atoms with Crippen LogP contribution in [-0.4, -0.2) is 32.4 Å². The van der Waals surface area contributed by atoms with E-state index in [0.29, 0.717) is 30.5 Å². The molecular weight excluding hydrogens is 344 g/mol. The fourth-order valence-electron chi connectivity index (χ4n) is 3.37. The molecular formula is C20H24N4O3. The van der Waals surface area contributed by atoms with Crippen molar-refractivity contribution in [2.24, 2.45) is 14.1 Å². The quantitative estimate of drug-likeness (QED) is 0.707. The predicted octanol–water partition coefficient (Wildman–Crippen LogP) is 1.19. The zero-order valence-electron chi connectivity index (χ0n) is 15.8. The van der Waals surface area contributed by atoms with E-state index in [4.69, 9.17) is 0 Å². The minimum Gasteiger partial charge on any atom is -0.395 e. The van der Waals surface area contributed by atoms with Crippen LogP contribution in [-0.2, 0) is 27.1 Å². The van der Waals surface area contributed by atoms with Gasteiger partial charge in [-0.3, -0.25) is 13.9 Å². The fourth-order valence-corrected chi connectivity index (χ4v) is 3.37. The molecule has 27 heavy (non-hydrogen) atoms. The number of hydrogen-bond donors (Lipinski definition) is 1. The van der Waals surface area contributed by atoms with Crippen LogP contribution in [0.4, 0.5) is 5.69 Å². The third-order valence-corrected chi connectivity index (χ3v) is 4.80. The Bertz CT molecular complexity index is 1070. The van der Waals surface area contributed by atoms with Crippen molar-refractivity contribution in [3.05, 3.63) is 68.5 Å². The molecule has 7 nitrogen and oxygen atoms in total. The Labute approximate surface area is 157 Å². The Morgan fingerprint density at radius 3 is 2.44 bits per heavy atom. The summed E-state index contributed by atoms with van der Waals surface area (Å²) in [5.74, 6) is 0. The minimum atomic E-state index is -0.410. The average Bonchev–Trinajstić information content (AvgIpc) is 2.70. The van der Waals surface area contributed by atoms with Gasteiger partial charge >= 0.3 is 5.69 Å². The van der Waals surface area contributed by atoms with Gasteiger partial charge in [0.2, 0.25) is 0 Å². The monoisotopic (exact) mass is 368 g/mol. The highest BCUT2D eigenvalue weighted by Gasteiger charge is 2.21. The largest absolute Gasteiger partial charge is 0.395 e. The Hall–Kier alpha value is -2.93. The molecule has 3 aromatic rings. The maximum atomic E-state index is 13.0. The Kier molecular flexibility index (Phi) is 5.41. The van der Waals surface area contributed by atoms with E-state index in [2.05, 4.69) is 4.98 Å². The lowest BCUT2D eigenvalue weighted by Crippen LogP contribution is -2.39. The molecule has 142 valence electrons. The van der Waals surface area contributed by atoms with Gasteiger partial charge in [0.05, 0.1) is 12.3 Å². The molecule has 1 aromatic carbocycles. The number of pyridine rings is 1. The molecule has 0 saturated carbocycles. The van der Waals surface area contributed by atoms with E-state index in [1.807, 2.05) is 42.2 Å². The van der Waals surface area contributed by atoms with E-state index in [-0.39, 0.29) is 12.2 Å². The molecule has 0 aliphatic carbocycles. The van der Waals surface area contributed by atoms with Crippen molar-refractivity contribution >= 4 is 16.7 Å². The lowest BCUT2D eigenvalue weighted by atomic mass is 10.1. The smallest absolute Gasteiger partial charge is 0.332 e. The van der Waals surface area contributed by atoms with E-state index in [1.54, 1.807) is 13.2 Å². The Morgan fingerprint density at radius 1 is 1.11 bits per heavy atom. The summed E-state index contributed by atoms with van der Waals surface area (Å²) in [4.78, 5) is 31.6. The molecule has 0 amide bonds. The molecule has 0 atom stereocenters. The highest BCUT2D eigenvalue weighted by Crippen LogP contribution is 2.28. The first-order valence-corrected chi connectivity index (χ1v) is 8.96. The van der Waals surface area contributed by atoms with Crippen molar-refractivity contribution in [2.75, 3.05) is 18.1 Å². The summed E-state index contributed by atoms with van der Waals surface area (Å²) >= 11 is 0. The number of nitrogens with zero attached hydrogens (tertiary/aromatic N) is 4. The second kappa shape index (κ2) is 7.75. The van der Waals surface area contributed by atoms with Crippen LogP contribution >= 0.6 is 0 Å². The number of benzene rings is 1. The highest BCUT2D eigenvalue weighted by molar-refractivity contribution is 5.90. The molecule has 0 unspecified atom stereocenters. The minimum absolute atomic E-state index is 0.0497. The summed E-state index contributed by atoms with van der Waals surface area (Å²) in [6.07, 6.45) is 2.40. The first-order chi connectivity index (χ1) is 13.0. The zero-order valence-corrected chi connectivity index (χ0v) is 15.8. The van der Waals surface area contributed by atoms with Gasteiger partial charge < -0.3 is 10.0 Å². The fraction of sp³-hybridized carbons (Fsp3) is 0.350. The van der Waals surface area contributed by atoms with E-state index in [9.17, 15) is 14.7 Å². The number of aryl methyl sites for hydroxylation is 2. The van der Waals surface area contributed by atoms with Gasteiger partial charge in [-0.05, 0) is 17.5 Å². The van der Waals surface area contributed by atoms with Gasteiger partial charge in [0.15, 0.2) is 5.65 Å². The highest BCUT2D eigenvalue weighted by atomic mass is 16.3. The number of aromatic nitrogens is 3. The first-order valence-electron chi connectivity index (χ1n) is 8.96. The molecule has 0 saturated heterocycles. The van der Waals surface area contributed by atoms with E-state index >= 15 is 0 Å². The second-order valence-corrected chi connectivity index (χ2v) is 6.52. The van der Waals surface area contributed by atoms with Crippen molar-refractivity contribution in [2.45, 2.75) is 19.9 Å². The van der Waals surface area contributed by atoms with Crippen LogP contribution in [0.3, 0.4) is 0 Å². The Morgan fingerprint density at radius 2 is 1.81 bits per heavy atom. The van der Waals surface area contributed by atoms with E-state index in [1.165, 1.54) is 11.6 Å². The number of rotatable bonds is 6. The standard InChI is InChI=1S/C20H24N4O3/c1-4-15-12-21-18-16(19(26)23(3)20(27)22(18)2)17(15)24(10-11-25)13-14-8-6-5-7-9-14/h5-9,12,25H,4,10-11,13H2,1-3H3. The molecule has 7 heteroatoms. The molecule has 0 aliphatic heterocycles. The summed E-state index contributed by atoms with van der Waals surface area (Å²) in [5, 5.41) is 10.0. The number of fused-ring (bicyclic) bond motifs is 1. The van der Waals surface area contributed by atoms with Crippen molar-refractivity contribution in [1.82, 2.24) is 14.1 Å². The van der Waals surface area contributed by atoms with Gasteiger partial charge in [-0.1, -0.05) is 37.3 Å². The van der Waals surface area contributed by atoms with Gasteiger partial charge in [0.1, 0.15) is 5.39 Å². The Balaban J connectivity index is 2.32. The summed E-state index contributed by atoms with van der Waals surface area (Å²) in [6, 6.07) is 9.88. The lowest BCUT2D eigenvalue weighted by molar-refractivity contribution is 0.301. The SMILES string of the molecule is CCc1cnc2c(c1N(CCO)Cc1ccccc1)c(=O)n(C)c(=O)n2C. The normalized spacial score (nSPS) is 11.1. The predicted molar refractivity (Wildman–Crippen MR) is 106 cm³/mol. The molecule has 3 rings (SSSR count). The number of anilines is 1. The molecule has 2 aromatic heterocycles. The summed E-state index contributed by atoms with van der Waals surface area (Å²) in [5.41, 5.74) is 2.28. The lowest BCUT2D eigenvalue weighted by Gasteiger charge is -2.28. The zero-order chi connectivity index (χ0) is 19.6. The van der Waals surface area contributed by atoms with E-state index in [0.717, 1.165) is 21.4 Å². The summed E-state index contributed by atoms with van der Waals surface area (Å²) in [6.45, 7) is 2.86. The second-order valence-electron chi connectivity index (χ2n) is 6.52. The molecule has 0 aliphatic rings. The molecule has 1 N–H and O–H groups in total. The average molecular weight is 368 g/mol. The molecule has 0 spiro atoms. The van der Waals surface area contributed by atoms with Crippen LogP contribution in [0.1, 0.15) is 18.1 Å². The molecule has 0 radical (unpaired) electrons. The van der Waals surface area contributed by atoms with Crippen LogP contribution in [0.5, 0.6) is 0 Å². The van der Waals surface area contributed by atoms with E-state index < -0.39 is 5.69 Å². The van der Waals surface area contributed by atoms with Crippen LogP contribution in [0.25, 0.3) is 11.0 Å². The first kappa shape index (κ1) is 18.8. The molecule has 0 bridgehead atoms. The van der Waals surface area contributed by atoms with Crippen LogP contribution in [0.15, 0.2) is 46.1 Å². The van der Waals surface area contributed by atoms with Gasteiger partial charge in [0, 0.05) is 33.4 Å². The van der Waals surface area contributed by atoms with Crippen molar-refractivity contribution in [3.8, 4) is 0 Å². The number of aliphatic hydroxyl groups is 1. The maximum Gasteiger partial charge on any atom is 0.332 e. The van der Waals surface area contributed by atoms with Gasteiger partial charge in [-0.25, -0.2) is 9.78 Å². The molecule has 0 fully saturated rings. The third kappa shape index (κ3) is 3.38. The number of hydrogen-bond acceptors (Lipinski definition) is 5. The van der Waals surface area contributed by atoms with Gasteiger partial charge in [-0.15, -0.1) is 0 Å². The summed E-state index contributed by atoms with van der Waals surface area (Å²) in [7, 11) is 3.08.